The summed E-state index contributed by atoms with van der Waals surface area (Å²) in [4.78, 5) is 25.2. The third-order valence-corrected chi connectivity index (χ3v) is 4.92. The average Bonchev–Trinajstić information content (AvgIpc) is 2.77. The number of carbonyl (C=O) groups excluding carboxylic acids is 1. The molecule has 0 aromatic heterocycles. The highest BCUT2D eigenvalue weighted by Gasteiger charge is 2.51. The van der Waals surface area contributed by atoms with Gasteiger partial charge in [0.2, 0.25) is 6.10 Å². The first-order valence-electron chi connectivity index (χ1n) is 9.60. The van der Waals surface area contributed by atoms with E-state index in [0.717, 1.165) is 11.3 Å². The molecule has 0 saturated carbocycles. The molecule has 4 rings (SSSR count). The van der Waals surface area contributed by atoms with Gasteiger partial charge in [0.25, 0.3) is 11.6 Å². The van der Waals surface area contributed by atoms with Gasteiger partial charge in [0.1, 0.15) is 17.5 Å². The summed E-state index contributed by atoms with van der Waals surface area (Å²) in [6, 6.07) is 22.2. The minimum atomic E-state index is -0.722. The Morgan fingerprint density at radius 1 is 0.933 bits per heavy atom. The van der Waals surface area contributed by atoms with Crippen molar-refractivity contribution >= 4 is 17.3 Å². The molecule has 1 fully saturated rings. The van der Waals surface area contributed by atoms with Crippen molar-refractivity contribution in [2.75, 3.05) is 11.5 Å². The van der Waals surface area contributed by atoms with E-state index in [0.29, 0.717) is 18.0 Å². The lowest BCUT2D eigenvalue weighted by atomic mass is 9.89. The van der Waals surface area contributed by atoms with Crippen LogP contribution >= 0.6 is 0 Å². The third kappa shape index (κ3) is 3.69. The van der Waals surface area contributed by atoms with Crippen LogP contribution in [-0.4, -0.2) is 23.5 Å². The summed E-state index contributed by atoms with van der Waals surface area (Å²) in [7, 11) is 0. The van der Waals surface area contributed by atoms with Gasteiger partial charge in [0.15, 0.2) is 0 Å². The zero-order valence-electron chi connectivity index (χ0n) is 16.3. The number of nitrogens with zero attached hydrogens (tertiary/aromatic N) is 2. The number of nitro benzene ring substituents is 1. The predicted octanol–water partition coefficient (Wildman–Crippen LogP) is 4.53. The summed E-state index contributed by atoms with van der Waals surface area (Å²) in [5.74, 6) is 1.14. The standard InChI is InChI=1S/C23H20N2O5/c1-2-29-19-14-12-17(13-15-19)24-21(16-8-10-18(11-9-16)25(27)28)22(23(24)26)30-20-6-4-3-5-7-20/h3-15,21-22H,2H2,1H3/t21-,22+/m1/s1. The SMILES string of the molecule is CCOc1ccc(N2C(=O)[C@@H](Oc3ccccc3)[C@H]2c2ccc([N+](=O)[O-])cc2)cc1. The number of non-ortho nitro benzene ring substituents is 1. The molecular formula is C23H20N2O5. The van der Waals surface area contributed by atoms with Crippen LogP contribution in [0.4, 0.5) is 11.4 Å². The molecule has 3 aromatic carbocycles. The van der Waals surface area contributed by atoms with Gasteiger partial charge >= 0.3 is 0 Å². The molecule has 0 bridgehead atoms. The molecule has 30 heavy (non-hydrogen) atoms. The van der Waals surface area contributed by atoms with E-state index < -0.39 is 17.1 Å². The van der Waals surface area contributed by atoms with Crippen LogP contribution in [0, 0.1) is 10.1 Å². The average molecular weight is 404 g/mol. The highest BCUT2D eigenvalue weighted by molar-refractivity contribution is 6.05. The number of β-lactam (4-membered cyclic amide) rings is 1. The maximum atomic E-state index is 13.0. The van der Waals surface area contributed by atoms with Gasteiger partial charge in [-0.1, -0.05) is 18.2 Å². The highest BCUT2D eigenvalue weighted by Crippen LogP contribution is 2.42. The van der Waals surface area contributed by atoms with E-state index in [2.05, 4.69) is 0 Å². The normalized spacial score (nSPS) is 17.9. The predicted molar refractivity (Wildman–Crippen MR) is 112 cm³/mol. The Bertz CT molecular complexity index is 1040. The molecule has 2 atom stereocenters. The molecule has 7 nitrogen and oxygen atoms in total. The van der Waals surface area contributed by atoms with Crippen molar-refractivity contribution in [3.8, 4) is 11.5 Å². The second-order valence-corrected chi connectivity index (χ2v) is 6.78. The summed E-state index contributed by atoms with van der Waals surface area (Å²) in [6.07, 6.45) is -0.722. The van der Waals surface area contributed by atoms with E-state index in [9.17, 15) is 14.9 Å². The maximum absolute atomic E-state index is 13.0. The molecule has 0 radical (unpaired) electrons. The molecule has 1 aliphatic rings. The number of para-hydroxylation sites is 1. The molecule has 0 N–H and O–H groups in total. The van der Waals surface area contributed by atoms with Crippen LogP contribution in [0.5, 0.6) is 11.5 Å². The lowest BCUT2D eigenvalue weighted by molar-refractivity contribution is -0.384. The fourth-order valence-corrected chi connectivity index (χ4v) is 3.50. The number of rotatable bonds is 7. The Morgan fingerprint density at radius 2 is 1.60 bits per heavy atom. The smallest absolute Gasteiger partial charge is 0.271 e. The van der Waals surface area contributed by atoms with Gasteiger partial charge < -0.3 is 9.47 Å². The molecule has 1 amide bonds. The molecule has 1 heterocycles. The number of hydrogen-bond acceptors (Lipinski definition) is 5. The van der Waals surface area contributed by atoms with Crippen molar-refractivity contribution < 1.29 is 19.2 Å². The van der Waals surface area contributed by atoms with Crippen LogP contribution in [0.2, 0.25) is 0 Å². The second-order valence-electron chi connectivity index (χ2n) is 6.78. The Morgan fingerprint density at radius 3 is 2.20 bits per heavy atom. The van der Waals surface area contributed by atoms with Crippen LogP contribution in [0.25, 0.3) is 0 Å². The summed E-state index contributed by atoms with van der Waals surface area (Å²) in [6.45, 7) is 2.46. The number of amides is 1. The van der Waals surface area contributed by atoms with E-state index in [1.807, 2.05) is 49.4 Å². The van der Waals surface area contributed by atoms with Crippen molar-refractivity contribution in [3.05, 3.63) is 94.5 Å². The summed E-state index contributed by atoms with van der Waals surface area (Å²) in [5, 5.41) is 11.0. The van der Waals surface area contributed by atoms with Gasteiger partial charge in [-0.05, 0) is 61.0 Å². The van der Waals surface area contributed by atoms with Gasteiger partial charge in [0, 0.05) is 17.8 Å². The lowest BCUT2D eigenvalue weighted by Gasteiger charge is -2.46. The van der Waals surface area contributed by atoms with Gasteiger partial charge in [0.05, 0.1) is 11.5 Å². The molecule has 1 aliphatic heterocycles. The van der Waals surface area contributed by atoms with Gasteiger partial charge in [-0.25, -0.2) is 0 Å². The Balaban J connectivity index is 1.66. The highest BCUT2D eigenvalue weighted by atomic mass is 16.6. The fraction of sp³-hybridized carbons (Fsp3) is 0.174. The molecule has 152 valence electrons. The van der Waals surface area contributed by atoms with Gasteiger partial charge in [-0.3, -0.25) is 19.8 Å². The van der Waals surface area contributed by atoms with Crippen molar-refractivity contribution in [2.24, 2.45) is 0 Å². The summed E-state index contributed by atoms with van der Waals surface area (Å²) >= 11 is 0. The monoisotopic (exact) mass is 404 g/mol. The van der Waals surface area contributed by atoms with Crippen LogP contribution in [0.1, 0.15) is 18.5 Å². The minimum Gasteiger partial charge on any atom is -0.494 e. The number of benzene rings is 3. The number of ether oxygens (including phenoxy) is 2. The molecule has 3 aromatic rings. The molecule has 0 spiro atoms. The first-order valence-corrected chi connectivity index (χ1v) is 9.60. The quantitative estimate of drug-likeness (QED) is 0.328. The van der Waals surface area contributed by atoms with E-state index in [1.165, 1.54) is 12.1 Å². The lowest BCUT2D eigenvalue weighted by Crippen LogP contribution is -2.61. The maximum Gasteiger partial charge on any atom is 0.271 e. The molecule has 0 unspecified atom stereocenters. The van der Waals surface area contributed by atoms with Crippen LogP contribution in [0.15, 0.2) is 78.9 Å². The Kier molecular flexibility index (Phi) is 5.34. The zero-order chi connectivity index (χ0) is 21.1. The van der Waals surface area contributed by atoms with E-state index in [4.69, 9.17) is 9.47 Å². The second kappa shape index (κ2) is 8.24. The first-order chi connectivity index (χ1) is 14.6. The molecule has 7 heteroatoms. The molecule has 0 aliphatic carbocycles. The summed E-state index contributed by atoms with van der Waals surface area (Å²) in [5.41, 5.74) is 1.47. The van der Waals surface area contributed by atoms with Crippen molar-refractivity contribution in [2.45, 2.75) is 19.1 Å². The Labute approximate surface area is 173 Å². The largest absolute Gasteiger partial charge is 0.494 e. The van der Waals surface area contributed by atoms with Crippen molar-refractivity contribution in [1.29, 1.82) is 0 Å². The van der Waals surface area contributed by atoms with Gasteiger partial charge in [-0.2, -0.15) is 0 Å². The van der Waals surface area contributed by atoms with Crippen LogP contribution < -0.4 is 14.4 Å². The van der Waals surface area contributed by atoms with E-state index in [1.54, 1.807) is 29.2 Å². The zero-order valence-corrected chi connectivity index (χ0v) is 16.3. The number of carbonyl (C=O) groups is 1. The van der Waals surface area contributed by atoms with Crippen molar-refractivity contribution in [3.63, 3.8) is 0 Å². The minimum absolute atomic E-state index is 0.00227. The Hall–Kier alpha value is -3.87. The van der Waals surface area contributed by atoms with E-state index in [-0.39, 0.29) is 11.6 Å². The molecular weight excluding hydrogens is 384 g/mol. The summed E-state index contributed by atoms with van der Waals surface area (Å²) < 4.78 is 11.4. The van der Waals surface area contributed by atoms with Crippen LogP contribution in [-0.2, 0) is 4.79 Å². The van der Waals surface area contributed by atoms with E-state index >= 15 is 0 Å². The van der Waals surface area contributed by atoms with Crippen LogP contribution in [0.3, 0.4) is 0 Å². The molecule has 1 saturated heterocycles. The fourth-order valence-electron chi connectivity index (χ4n) is 3.50. The third-order valence-electron chi connectivity index (χ3n) is 4.92. The number of anilines is 1. The van der Waals surface area contributed by atoms with Gasteiger partial charge in [-0.15, -0.1) is 0 Å². The number of hydrogen-bond donors (Lipinski definition) is 0. The topological polar surface area (TPSA) is 81.9 Å². The first kappa shape index (κ1) is 19.4. The number of nitro groups is 1. The van der Waals surface area contributed by atoms with Crippen molar-refractivity contribution in [1.82, 2.24) is 0 Å².